The zero-order valence-electron chi connectivity index (χ0n) is 22.8. The molecule has 43 heavy (non-hydrogen) atoms. The Bertz CT molecular complexity index is 1760. The van der Waals surface area contributed by atoms with Crippen molar-refractivity contribution < 1.29 is 28.2 Å². The van der Waals surface area contributed by atoms with Crippen molar-refractivity contribution in [2.24, 2.45) is 0 Å². The summed E-state index contributed by atoms with van der Waals surface area (Å²) < 4.78 is 25.2. The molecule has 9 nitrogen and oxygen atoms in total. The van der Waals surface area contributed by atoms with Gasteiger partial charge in [-0.25, -0.2) is 9.37 Å². The molecule has 0 saturated carbocycles. The fourth-order valence-electron chi connectivity index (χ4n) is 4.50. The average Bonchev–Trinajstić information content (AvgIpc) is 3.73. The topological polar surface area (TPSA) is 113 Å². The number of nitrogens with one attached hydrogen (secondary N) is 2. The lowest BCUT2D eigenvalue weighted by Crippen LogP contribution is -2.36. The van der Waals surface area contributed by atoms with Crippen LogP contribution in [0, 0.1) is 5.82 Å². The summed E-state index contributed by atoms with van der Waals surface area (Å²) in [6, 6.07) is 26.7. The average molecular weight is 597 g/mol. The molecule has 1 saturated heterocycles. The van der Waals surface area contributed by atoms with Crippen LogP contribution in [0.4, 0.5) is 20.9 Å². The van der Waals surface area contributed by atoms with Crippen molar-refractivity contribution in [1.82, 2.24) is 4.98 Å². The number of aromatic nitrogens is 1. The second kappa shape index (κ2) is 12.0. The first kappa shape index (κ1) is 28.0. The number of ether oxygens (including phenoxy) is 2. The van der Waals surface area contributed by atoms with Crippen LogP contribution in [0.2, 0.25) is 0 Å². The van der Waals surface area contributed by atoms with Crippen LogP contribution in [0.1, 0.15) is 15.9 Å². The minimum Gasteiger partial charge on any atom is -0.497 e. The molecule has 6 rings (SSSR count). The third-order valence-corrected chi connectivity index (χ3v) is 7.78. The quantitative estimate of drug-likeness (QED) is 0.213. The maximum atomic E-state index is 13.6. The summed E-state index contributed by atoms with van der Waals surface area (Å²) in [4.78, 5) is 45.2. The SMILES string of the molecule is COc1ccc(NC(=O)C2OC2C(=O)N(Cc2ccc(F)cc2)c2ccc(C(=O)Nc3nc4ccccc4s3)cc2)cc1. The molecular formula is C32H25FN4O5S. The van der Waals surface area contributed by atoms with Gasteiger partial charge in [-0.3, -0.25) is 19.7 Å². The lowest BCUT2D eigenvalue weighted by molar-refractivity contribution is -0.120. The van der Waals surface area contributed by atoms with E-state index in [0.717, 1.165) is 10.2 Å². The largest absolute Gasteiger partial charge is 0.497 e. The predicted octanol–water partition coefficient (Wildman–Crippen LogP) is 5.64. The summed E-state index contributed by atoms with van der Waals surface area (Å²) >= 11 is 1.37. The van der Waals surface area contributed by atoms with Crippen LogP contribution in [0.3, 0.4) is 0 Å². The predicted molar refractivity (Wildman–Crippen MR) is 162 cm³/mol. The van der Waals surface area contributed by atoms with Gasteiger partial charge in [-0.2, -0.15) is 0 Å². The number of fused-ring (bicyclic) bond motifs is 1. The summed E-state index contributed by atoms with van der Waals surface area (Å²) in [6.07, 6.45) is -1.97. The van der Waals surface area contributed by atoms with Crippen molar-refractivity contribution >= 4 is 55.8 Å². The van der Waals surface area contributed by atoms with Gasteiger partial charge in [0.25, 0.3) is 17.7 Å². The first-order valence-electron chi connectivity index (χ1n) is 13.3. The molecule has 2 N–H and O–H groups in total. The van der Waals surface area contributed by atoms with Gasteiger partial charge in [0.05, 0.1) is 23.9 Å². The van der Waals surface area contributed by atoms with Crippen LogP contribution in [0.25, 0.3) is 10.2 Å². The molecule has 216 valence electrons. The van der Waals surface area contributed by atoms with Crippen LogP contribution in [0.15, 0.2) is 97.1 Å². The molecule has 2 atom stereocenters. The second-order valence-corrected chi connectivity index (χ2v) is 10.8. The van der Waals surface area contributed by atoms with Crippen molar-refractivity contribution in [1.29, 1.82) is 0 Å². The van der Waals surface area contributed by atoms with E-state index in [1.54, 1.807) is 67.8 Å². The van der Waals surface area contributed by atoms with Gasteiger partial charge in [0, 0.05) is 16.9 Å². The Morgan fingerprint density at radius 3 is 2.33 bits per heavy atom. The molecule has 0 radical (unpaired) electrons. The van der Waals surface area contributed by atoms with Gasteiger partial charge < -0.3 is 19.7 Å². The Kier molecular flexibility index (Phi) is 7.82. The highest BCUT2D eigenvalue weighted by molar-refractivity contribution is 7.22. The molecule has 0 spiro atoms. The molecule has 1 aliphatic rings. The number of epoxide rings is 1. The molecular weight excluding hydrogens is 571 g/mol. The summed E-state index contributed by atoms with van der Waals surface area (Å²) in [5.41, 5.74) is 2.86. The van der Waals surface area contributed by atoms with Gasteiger partial charge in [-0.05, 0) is 78.4 Å². The second-order valence-electron chi connectivity index (χ2n) is 9.73. The molecule has 11 heteroatoms. The highest BCUT2D eigenvalue weighted by atomic mass is 32.1. The van der Waals surface area contributed by atoms with Crippen molar-refractivity contribution in [2.45, 2.75) is 18.8 Å². The number of anilines is 3. The van der Waals surface area contributed by atoms with E-state index in [-0.39, 0.29) is 12.5 Å². The molecule has 3 amide bonds. The van der Waals surface area contributed by atoms with E-state index >= 15 is 0 Å². The van der Waals surface area contributed by atoms with Gasteiger partial charge >= 0.3 is 0 Å². The molecule has 1 fully saturated rings. The van der Waals surface area contributed by atoms with Crippen molar-refractivity contribution in [3.05, 3.63) is 114 Å². The number of rotatable bonds is 9. The van der Waals surface area contributed by atoms with E-state index in [2.05, 4.69) is 15.6 Å². The molecule has 2 heterocycles. The Labute approximate surface area is 249 Å². The van der Waals surface area contributed by atoms with E-state index in [0.29, 0.717) is 33.4 Å². The summed E-state index contributed by atoms with van der Waals surface area (Å²) in [6.45, 7) is 0.100. The fourth-order valence-corrected chi connectivity index (χ4v) is 5.36. The van der Waals surface area contributed by atoms with E-state index in [1.807, 2.05) is 24.3 Å². The van der Waals surface area contributed by atoms with E-state index in [1.165, 1.54) is 28.4 Å². The zero-order chi connectivity index (χ0) is 29.9. The van der Waals surface area contributed by atoms with Crippen molar-refractivity contribution in [2.75, 3.05) is 22.6 Å². The Hall–Kier alpha value is -5.13. The number of methoxy groups -OCH3 is 1. The number of benzene rings is 4. The van der Waals surface area contributed by atoms with E-state index in [4.69, 9.17) is 9.47 Å². The highest BCUT2D eigenvalue weighted by Crippen LogP contribution is 2.30. The van der Waals surface area contributed by atoms with Gasteiger partial charge in [-0.15, -0.1) is 0 Å². The maximum absolute atomic E-state index is 13.6. The minimum atomic E-state index is -0.999. The number of carbonyl (C=O) groups is 3. The van der Waals surface area contributed by atoms with Gasteiger partial charge in [0.15, 0.2) is 17.3 Å². The molecule has 2 unspecified atom stereocenters. The fraction of sp³-hybridized carbons (Fsp3) is 0.125. The maximum Gasteiger partial charge on any atom is 0.259 e. The molecule has 1 aromatic heterocycles. The normalized spacial score (nSPS) is 15.5. The van der Waals surface area contributed by atoms with Crippen LogP contribution in [-0.2, 0) is 20.9 Å². The van der Waals surface area contributed by atoms with E-state index in [9.17, 15) is 18.8 Å². The molecule has 5 aromatic rings. The number of thiazole rings is 1. The van der Waals surface area contributed by atoms with Crippen molar-refractivity contribution in [3.63, 3.8) is 0 Å². The lowest BCUT2D eigenvalue weighted by Gasteiger charge is -2.23. The van der Waals surface area contributed by atoms with Crippen LogP contribution >= 0.6 is 11.3 Å². The number of amides is 3. The molecule has 4 aromatic carbocycles. The summed E-state index contributed by atoms with van der Waals surface area (Å²) in [7, 11) is 1.55. The lowest BCUT2D eigenvalue weighted by atomic mass is 10.1. The summed E-state index contributed by atoms with van der Waals surface area (Å²) in [5, 5.41) is 6.04. The van der Waals surface area contributed by atoms with E-state index < -0.39 is 29.8 Å². The molecule has 1 aliphatic heterocycles. The third kappa shape index (κ3) is 6.37. The Morgan fingerprint density at radius 1 is 0.907 bits per heavy atom. The molecule has 0 aliphatic carbocycles. The zero-order valence-corrected chi connectivity index (χ0v) is 23.6. The number of nitrogens with zero attached hydrogens (tertiary/aromatic N) is 2. The highest BCUT2D eigenvalue weighted by Gasteiger charge is 2.52. The smallest absolute Gasteiger partial charge is 0.259 e. The molecule has 0 bridgehead atoms. The number of hydrogen-bond acceptors (Lipinski definition) is 7. The number of para-hydroxylation sites is 1. The van der Waals surface area contributed by atoms with Crippen LogP contribution in [-0.4, -0.2) is 42.0 Å². The monoisotopic (exact) mass is 596 g/mol. The number of carbonyl (C=O) groups excluding carboxylic acids is 3. The number of halogens is 1. The Morgan fingerprint density at radius 2 is 1.63 bits per heavy atom. The standard InChI is InChI=1S/C32H25FN4O5S/c1-41-24-16-12-22(13-17-24)34-30(39)27-28(42-27)31(40)37(18-19-6-10-21(33)11-7-19)23-14-8-20(9-15-23)29(38)36-32-35-25-4-2-3-5-26(25)43-32/h2-17,27-28H,18H2,1H3,(H,34,39)(H,35,36,38). The van der Waals surface area contributed by atoms with Gasteiger partial charge in [0.1, 0.15) is 11.6 Å². The first-order chi connectivity index (χ1) is 20.9. The summed E-state index contributed by atoms with van der Waals surface area (Å²) in [5.74, 6) is -0.989. The first-order valence-corrected chi connectivity index (χ1v) is 14.1. The van der Waals surface area contributed by atoms with Gasteiger partial charge in [0.2, 0.25) is 0 Å². The number of hydrogen-bond donors (Lipinski definition) is 2. The van der Waals surface area contributed by atoms with Crippen LogP contribution < -0.4 is 20.3 Å². The van der Waals surface area contributed by atoms with Gasteiger partial charge in [-0.1, -0.05) is 35.6 Å². The van der Waals surface area contributed by atoms with Crippen molar-refractivity contribution in [3.8, 4) is 5.75 Å². The van der Waals surface area contributed by atoms with Crippen LogP contribution in [0.5, 0.6) is 5.75 Å². The Balaban J connectivity index is 1.17. The minimum absolute atomic E-state index is 0.100. The third-order valence-electron chi connectivity index (χ3n) is 6.83.